The highest BCUT2D eigenvalue weighted by Crippen LogP contribution is 2.29. The molecule has 0 fully saturated rings. The first-order chi connectivity index (χ1) is 15.2. The summed E-state index contributed by atoms with van der Waals surface area (Å²) in [4.78, 5) is 25.2. The Kier molecular flexibility index (Phi) is 9.70. The Hall–Kier alpha value is -2.88. The van der Waals surface area contributed by atoms with Crippen molar-refractivity contribution in [1.82, 2.24) is 0 Å². The van der Waals surface area contributed by atoms with Gasteiger partial charge >= 0.3 is 11.9 Å². The monoisotopic (exact) mass is 436 g/mol. The number of hydrogen-bond donors (Lipinski definition) is 1. The third-order valence-corrected chi connectivity index (χ3v) is 5.44. The summed E-state index contributed by atoms with van der Waals surface area (Å²) in [5, 5.41) is 10.0. The van der Waals surface area contributed by atoms with Gasteiger partial charge in [-0.15, -0.1) is 0 Å². The summed E-state index contributed by atoms with van der Waals surface area (Å²) < 4.78 is 5.61. The summed E-state index contributed by atoms with van der Waals surface area (Å²) >= 11 is 0. The van der Waals surface area contributed by atoms with Gasteiger partial charge in [-0.3, -0.25) is 9.59 Å². The van der Waals surface area contributed by atoms with Gasteiger partial charge in [0.05, 0.1) is 11.8 Å². The standard InChI is InChI=1S/C28H36O4/c1-21(18-19-23-14-9-6-10-15-23)20-25(26(29)30)24(27(31)32-28(2,3)4)17-11-16-22-12-7-5-8-13-22/h5-16,21,24-25H,17-20H2,1-4H3,(H,29,30)/b16-11+. The molecule has 2 aromatic rings. The van der Waals surface area contributed by atoms with Gasteiger partial charge in [-0.1, -0.05) is 79.7 Å². The van der Waals surface area contributed by atoms with Gasteiger partial charge in [0.1, 0.15) is 5.60 Å². The van der Waals surface area contributed by atoms with Gasteiger partial charge < -0.3 is 9.84 Å². The third-order valence-electron chi connectivity index (χ3n) is 5.44. The highest BCUT2D eigenvalue weighted by Gasteiger charge is 2.36. The molecule has 0 aliphatic rings. The Labute approximate surface area is 192 Å². The van der Waals surface area contributed by atoms with Crippen LogP contribution in [-0.2, 0) is 20.7 Å². The van der Waals surface area contributed by atoms with Gasteiger partial charge in [0, 0.05) is 0 Å². The fraction of sp³-hybridized carbons (Fsp3) is 0.429. The number of allylic oxidation sites excluding steroid dienone is 1. The van der Waals surface area contributed by atoms with Crippen LogP contribution in [0.15, 0.2) is 66.7 Å². The van der Waals surface area contributed by atoms with E-state index in [-0.39, 0.29) is 5.92 Å². The Balaban J connectivity index is 2.12. The molecule has 32 heavy (non-hydrogen) atoms. The van der Waals surface area contributed by atoms with Crippen LogP contribution in [0.1, 0.15) is 58.1 Å². The van der Waals surface area contributed by atoms with Crippen LogP contribution in [0.3, 0.4) is 0 Å². The second-order valence-electron chi connectivity index (χ2n) is 9.50. The minimum Gasteiger partial charge on any atom is -0.481 e. The molecule has 0 heterocycles. The minimum absolute atomic E-state index is 0.166. The molecule has 0 aliphatic carbocycles. The van der Waals surface area contributed by atoms with E-state index >= 15 is 0 Å². The average Bonchev–Trinajstić information content (AvgIpc) is 2.74. The van der Waals surface area contributed by atoms with Gasteiger partial charge in [-0.25, -0.2) is 0 Å². The normalized spacial score (nSPS) is 14.6. The Morgan fingerprint density at radius 3 is 2.12 bits per heavy atom. The van der Waals surface area contributed by atoms with Crippen molar-refractivity contribution in [3.05, 3.63) is 77.9 Å². The molecule has 4 nitrogen and oxygen atoms in total. The van der Waals surface area contributed by atoms with E-state index in [4.69, 9.17) is 4.74 Å². The summed E-state index contributed by atoms with van der Waals surface area (Å²) in [5.41, 5.74) is 1.58. The maximum absolute atomic E-state index is 13.0. The van der Waals surface area contributed by atoms with Crippen LogP contribution in [0.5, 0.6) is 0 Å². The second-order valence-corrected chi connectivity index (χ2v) is 9.50. The van der Waals surface area contributed by atoms with Crippen molar-refractivity contribution in [3.63, 3.8) is 0 Å². The smallest absolute Gasteiger partial charge is 0.310 e. The van der Waals surface area contributed by atoms with Crippen LogP contribution in [-0.4, -0.2) is 22.6 Å². The van der Waals surface area contributed by atoms with E-state index in [0.717, 1.165) is 18.4 Å². The zero-order chi connectivity index (χ0) is 23.6. The van der Waals surface area contributed by atoms with E-state index < -0.39 is 29.4 Å². The zero-order valence-electron chi connectivity index (χ0n) is 19.7. The lowest BCUT2D eigenvalue weighted by Gasteiger charge is -2.28. The summed E-state index contributed by atoms with van der Waals surface area (Å²) in [7, 11) is 0. The van der Waals surface area contributed by atoms with E-state index in [0.29, 0.717) is 12.8 Å². The number of carbonyl (C=O) groups excluding carboxylic acids is 1. The zero-order valence-corrected chi connectivity index (χ0v) is 19.7. The summed E-state index contributed by atoms with van der Waals surface area (Å²) in [6.07, 6.45) is 6.33. The van der Waals surface area contributed by atoms with E-state index in [1.165, 1.54) is 5.56 Å². The third kappa shape index (κ3) is 9.09. The number of carbonyl (C=O) groups is 2. The topological polar surface area (TPSA) is 63.6 Å². The number of benzene rings is 2. The van der Waals surface area contributed by atoms with Crippen molar-refractivity contribution in [2.75, 3.05) is 0 Å². The highest BCUT2D eigenvalue weighted by molar-refractivity contribution is 5.81. The molecule has 0 saturated carbocycles. The maximum Gasteiger partial charge on any atom is 0.310 e. The van der Waals surface area contributed by atoms with Gasteiger partial charge in [-0.05, 0) is 63.5 Å². The molecule has 3 atom stereocenters. The SMILES string of the molecule is CC(CCc1ccccc1)CC(C(=O)O)C(C/C=C/c1ccccc1)C(=O)OC(C)(C)C. The summed E-state index contributed by atoms with van der Waals surface area (Å²) in [6, 6.07) is 19.9. The number of hydrogen-bond acceptors (Lipinski definition) is 3. The molecule has 2 rings (SSSR count). The number of carboxylic acids is 1. The molecule has 4 heteroatoms. The first-order valence-corrected chi connectivity index (χ1v) is 11.4. The van der Waals surface area contributed by atoms with Gasteiger partial charge in [0.15, 0.2) is 0 Å². The first kappa shape index (κ1) is 25.4. The lowest BCUT2D eigenvalue weighted by molar-refractivity contribution is -0.167. The van der Waals surface area contributed by atoms with Crippen molar-refractivity contribution < 1.29 is 19.4 Å². The molecular weight excluding hydrogens is 400 g/mol. The molecule has 2 aromatic carbocycles. The Morgan fingerprint density at radius 2 is 1.56 bits per heavy atom. The fourth-order valence-electron chi connectivity index (χ4n) is 3.76. The van der Waals surface area contributed by atoms with Crippen LogP contribution in [0.25, 0.3) is 6.08 Å². The molecular formula is C28H36O4. The van der Waals surface area contributed by atoms with E-state index in [1.54, 1.807) is 20.8 Å². The molecule has 0 saturated heterocycles. The fourth-order valence-corrected chi connectivity index (χ4v) is 3.76. The molecule has 0 aromatic heterocycles. The van der Waals surface area contributed by atoms with Crippen molar-refractivity contribution in [2.24, 2.45) is 17.8 Å². The van der Waals surface area contributed by atoms with Crippen molar-refractivity contribution in [3.8, 4) is 0 Å². The number of esters is 1. The van der Waals surface area contributed by atoms with Crippen LogP contribution >= 0.6 is 0 Å². The number of carboxylic acid groups (broad SMARTS) is 1. The van der Waals surface area contributed by atoms with Crippen molar-refractivity contribution in [1.29, 1.82) is 0 Å². The van der Waals surface area contributed by atoms with Gasteiger partial charge in [0.2, 0.25) is 0 Å². The molecule has 0 amide bonds. The van der Waals surface area contributed by atoms with Gasteiger partial charge in [-0.2, -0.15) is 0 Å². The molecule has 0 radical (unpaired) electrons. The largest absolute Gasteiger partial charge is 0.481 e. The Bertz CT molecular complexity index is 865. The number of aliphatic carboxylic acids is 1. The van der Waals surface area contributed by atoms with Crippen LogP contribution in [0.4, 0.5) is 0 Å². The number of ether oxygens (including phenoxy) is 1. The number of rotatable bonds is 11. The van der Waals surface area contributed by atoms with Crippen LogP contribution in [0, 0.1) is 17.8 Å². The molecule has 0 bridgehead atoms. The minimum atomic E-state index is -0.944. The van der Waals surface area contributed by atoms with E-state index in [1.807, 2.05) is 60.7 Å². The van der Waals surface area contributed by atoms with Gasteiger partial charge in [0.25, 0.3) is 0 Å². The quantitative estimate of drug-likeness (QED) is 0.414. The summed E-state index contributed by atoms with van der Waals surface area (Å²) in [5.74, 6) is -2.75. The molecule has 0 spiro atoms. The Morgan fingerprint density at radius 1 is 0.969 bits per heavy atom. The predicted octanol–water partition coefficient (Wildman–Crippen LogP) is 6.41. The van der Waals surface area contributed by atoms with Crippen molar-refractivity contribution in [2.45, 2.75) is 59.0 Å². The van der Waals surface area contributed by atoms with Crippen molar-refractivity contribution >= 4 is 18.0 Å². The average molecular weight is 437 g/mol. The second kappa shape index (κ2) is 12.2. The molecule has 3 unspecified atom stereocenters. The molecule has 172 valence electrons. The summed E-state index contributed by atoms with van der Waals surface area (Å²) in [6.45, 7) is 7.48. The lowest BCUT2D eigenvalue weighted by Crippen LogP contribution is -2.36. The van der Waals surface area contributed by atoms with E-state index in [2.05, 4.69) is 19.1 Å². The van der Waals surface area contributed by atoms with Crippen LogP contribution in [0.2, 0.25) is 0 Å². The number of aryl methyl sites for hydroxylation is 1. The molecule has 0 aliphatic heterocycles. The predicted molar refractivity (Wildman–Crippen MR) is 129 cm³/mol. The van der Waals surface area contributed by atoms with E-state index in [9.17, 15) is 14.7 Å². The lowest BCUT2D eigenvalue weighted by atomic mass is 9.81. The maximum atomic E-state index is 13.0. The molecule has 1 N–H and O–H groups in total. The first-order valence-electron chi connectivity index (χ1n) is 11.4. The van der Waals surface area contributed by atoms with Crippen LogP contribution < -0.4 is 0 Å². The highest BCUT2D eigenvalue weighted by atomic mass is 16.6.